The molecule has 0 bridgehead atoms. The van der Waals surface area contributed by atoms with Gasteiger partial charge < -0.3 is 24.4 Å². The Hall–Kier alpha value is -3.22. The van der Waals surface area contributed by atoms with E-state index < -0.39 is 0 Å². The minimum Gasteiger partial charge on any atom is -0.493 e. The zero-order valence-corrected chi connectivity index (χ0v) is 20.1. The summed E-state index contributed by atoms with van der Waals surface area (Å²) >= 11 is 0. The number of carbonyl (C=O) groups excluding carboxylic acids is 2. The molecule has 7 heteroatoms. The molecule has 2 amide bonds. The third kappa shape index (κ3) is 5.78. The average molecular weight is 455 g/mol. The average Bonchev–Trinajstić information content (AvgIpc) is 3.28. The van der Waals surface area contributed by atoms with E-state index in [9.17, 15) is 9.59 Å². The van der Waals surface area contributed by atoms with Crippen molar-refractivity contribution in [3.05, 3.63) is 53.6 Å². The Morgan fingerprint density at radius 1 is 1.00 bits per heavy atom. The number of hydrogen-bond acceptors (Lipinski definition) is 5. The predicted octanol–water partition coefficient (Wildman–Crippen LogP) is 3.27. The first-order chi connectivity index (χ1) is 15.9. The van der Waals surface area contributed by atoms with Gasteiger partial charge in [-0.2, -0.15) is 0 Å². The molecule has 3 rings (SSSR count). The predicted molar refractivity (Wildman–Crippen MR) is 127 cm³/mol. The molecular weight excluding hydrogens is 420 g/mol. The van der Waals surface area contributed by atoms with Gasteiger partial charge in [0, 0.05) is 25.6 Å². The summed E-state index contributed by atoms with van der Waals surface area (Å²) in [4.78, 5) is 28.0. The summed E-state index contributed by atoms with van der Waals surface area (Å²) in [5.74, 6) is 1.31. The number of amides is 2. The molecule has 1 fully saturated rings. The minimum absolute atomic E-state index is 0.0119. The molecule has 1 aliphatic rings. The molecule has 0 aliphatic carbocycles. The lowest BCUT2D eigenvalue weighted by Gasteiger charge is -2.21. The Labute approximate surface area is 196 Å². The number of hydrogen-bond donors (Lipinski definition) is 1. The van der Waals surface area contributed by atoms with Crippen molar-refractivity contribution in [3.63, 3.8) is 0 Å². The van der Waals surface area contributed by atoms with Crippen LogP contribution in [-0.4, -0.2) is 57.7 Å². The van der Waals surface area contributed by atoms with Gasteiger partial charge in [0.2, 0.25) is 17.6 Å². The third-order valence-corrected chi connectivity index (χ3v) is 6.01. The largest absolute Gasteiger partial charge is 0.493 e. The second kappa shape index (κ2) is 11.1. The zero-order valence-electron chi connectivity index (χ0n) is 20.1. The van der Waals surface area contributed by atoms with Crippen LogP contribution >= 0.6 is 0 Å². The molecule has 0 unspecified atom stereocenters. The maximum absolute atomic E-state index is 13.2. The van der Waals surface area contributed by atoms with Gasteiger partial charge in [-0.15, -0.1) is 0 Å². The number of rotatable bonds is 9. The van der Waals surface area contributed by atoms with E-state index in [-0.39, 0.29) is 23.7 Å². The van der Waals surface area contributed by atoms with Crippen LogP contribution in [0.5, 0.6) is 17.2 Å². The number of likely N-dealkylation sites (tertiary alicyclic amines) is 1. The SMILES string of the molecule is COc1cc([C@@H]2CN(C(=O)Cc3ccccc3)C[C@H]2C(=O)NCC(C)C)cc(OC)c1OC. The first-order valence-corrected chi connectivity index (χ1v) is 11.3. The third-order valence-electron chi connectivity index (χ3n) is 6.01. The fourth-order valence-electron chi connectivity index (χ4n) is 4.24. The van der Waals surface area contributed by atoms with Gasteiger partial charge in [-0.25, -0.2) is 0 Å². The highest BCUT2D eigenvalue weighted by molar-refractivity contribution is 5.84. The van der Waals surface area contributed by atoms with Gasteiger partial charge in [-0.3, -0.25) is 9.59 Å². The van der Waals surface area contributed by atoms with Crippen LogP contribution in [0.15, 0.2) is 42.5 Å². The molecule has 0 aromatic heterocycles. The Balaban J connectivity index is 1.90. The van der Waals surface area contributed by atoms with E-state index in [4.69, 9.17) is 14.2 Å². The summed E-state index contributed by atoms with van der Waals surface area (Å²) in [6.07, 6.45) is 0.309. The summed E-state index contributed by atoms with van der Waals surface area (Å²) in [5.41, 5.74) is 1.84. The van der Waals surface area contributed by atoms with E-state index in [1.165, 1.54) is 0 Å². The smallest absolute Gasteiger partial charge is 0.227 e. The van der Waals surface area contributed by atoms with Gasteiger partial charge in [-0.1, -0.05) is 44.2 Å². The van der Waals surface area contributed by atoms with Crippen LogP contribution in [0.2, 0.25) is 0 Å². The molecule has 2 aromatic carbocycles. The van der Waals surface area contributed by atoms with Crippen molar-refractivity contribution in [1.82, 2.24) is 10.2 Å². The Kier molecular flexibility index (Phi) is 8.20. The summed E-state index contributed by atoms with van der Waals surface area (Å²) in [5, 5.41) is 3.05. The Bertz CT molecular complexity index is 935. The molecule has 178 valence electrons. The molecule has 1 saturated heterocycles. The monoisotopic (exact) mass is 454 g/mol. The molecule has 33 heavy (non-hydrogen) atoms. The summed E-state index contributed by atoms with van der Waals surface area (Å²) in [6, 6.07) is 13.4. The van der Waals surface area contributed by atoms with Crippen LogP contribution in [-0.2, 0) is 16.0 Å². The molecule has 0 spiro atoms. The lowest BCUT2D eigenvalue weighted by molar-refractivity contribution is -0.130. The first-order valence-electron chi connectivity index (χ1n) is 11.3. The standard InChI is InChI=1S/C26H34N2O5/c1-17(2)14-27-26(30)21-16-28(24(29)11-18-9-7-6-8-10-18)15-20(21)19-12-22(31-3)25(33-5)23(13-19)32-4/h6-10,12-13,17,20-21H,11,14-16H2,1-5H3,(H,27,30)/t20-,21+/m0/s1. The minimum atomic E-state index is -0.369. The number of nitrogens with zero attached hydrogens (tertiary/aromatic N) is 1. The molecule has 0 radical (unpaired) electrons. The van der Waals surface area contributed by atoms with Crippen molar-refractivity contribution in [1.29, 1.82) is 0 Å². The van der Waals surface area contributed by atoms with Crippen molar-refractivity contribution in [2.24, 2.45) is 11.8 Å². The van der Waals surface area contributed by atoms with Gasteiger partial charge in [0.15, 0.2) is 11.5 Å². The van der Waals surface area contributed by atoms with Crippen LogP contribution in [0.1, 0.15) is 30.9 Å². The number of methoxy groups -OCH3 is 3. The van der Waals surface area contributed by atoms with E-state index in [1.54, 1.807) is 26.2 Å². The molecular formula is C26H34N2O5. The molecule has 0 saturated carbocycles. The fraction of sp³-hybridized carbons (Fsp3) is 0.462. The number of benzene rings is 2. The highest BCUT2D eigenvalue weighted by Crippen LogP contribution is 2.43. The van der Waals surface area contributed by atoms with Crippen LogP contribution in [0, 0.1) is 11.8 Å². The van der Waals surface area contributed by atoms with Gasteiger partial charge in [0.1, 0.15) is 0 Å². The highest BCUT2D eigenvalue weighted by Gasteiger charge is 2.41. The van der Waals surface area contributed by atoms with E-state index in [0.717, 1.165) is 11.1 Å². The Morgan fingerprint density at radius 2 is 1.64 bits per heavy atom. The molecule has 2 aromatic rings. The fourth-order valence-corrected chi connectivity index (χ4v) is 4.24. The molecule has 2 atom stereocenters. The maximum Gasteiger partial charge on any atom is 0.227 e. The normalized spacial score (nSPS) is 17.7. The summed E-state index contributed by atoms with van der Waals surface area (Å²) in [6.45, 7) is 5.53. The van der Waals surface area contributed by atoms with E-state index >= 15 is 0 Å². The summed E-state index contributed by atoms with van der Waals surface area (Å²) < 4.78 is 16.5. The van der Waals surface area contributed by atoms with Crippen molar-refractivity contribution in [3.8, 4) is 17.2 Å². The topological polar surface area (TPSA) is 77.1 Å². The highest BCUT2D eigenvalue weighted by atomic mass is 16.5. The van der Waals surface area contributed by atoms with Gasteiger partial charge in [0.05, 0.1) is 33.7 Å². The van der Waals surface area contributed by atoms with Crippen LogP contribution in [0.25, 0.3) is 0 Å². The van der Waals surface area contributed by atoms with Crippen LogP contribution in [0.3, 0.4) is 0 Å². The second-order valence-corrected chi connectivity index (χ2v) is 8.77. The number of nitrogens with one attached hydrogen (secondary N) is 1. The van der Waals surface area contributed by atoms with Crippen molar-refractivity contribution >= 4 is 11.8 Å². The van der Waals surface area contributed by atoms with E-state index in [1.807, 2.05) is 42.5 Å². The van der Waals surface area contributed by atoms with Gasteiger partial charge >= 0.3 is 0 Å². The van der Waals surface area contributed by atoms with Gasteiger partial charge in [0.25, 0.3) is 0 Å². The van der Waals surface area contributed by atoms with Crippen LogP contribution < -0.4 is 19.5 Å². The van der Waals surface area contributed by atoms with Crippen molar-refractivity contribution in [2.45, 2.75) is 26.2 Å². The van der Waals surface area contributed by atoms with Crippen molar-refractivity contribution in [2.75, 3.05) is 41.0 Å². The lowest BCUT2D eigenvalue weighted by atomic mass is 9.87. The summed E-state index contributed by atoms with van der Waals surface area (Å²) in [7, 11) is 4.69. The molecule has 1 N–H and O–H groups in total. The molecule has 1 aliphatic heterocycles. The number of carbonyl (C=O) groups is 2. The van der Waals surface area contributed by atoms with E-state index in [2.05, 4.69) is 19.2 Å². The van der Waals surface area contributed by atoms with E-state index in [0.29, 0.717) is 49.2 Å². The quantitative estimate of drug-likeness (QED) is 0.629. The maximum atomic E-state index is 13.2. The zero-order chi connectivity index (χ0) is 24.0. The molecule has 1 heterocycles. The van der Waals surface area contributed by atoms with Gasteiger partial charge in [-0.05, 0) is 29.2 Å². The Morgan fingerprint density at radius 3 is 2.18 bits per heavy atom. The second-order valence-electron chi connectivity index (χ2n) is 8.77. The molecule has 7 nitrogen and oxygen atoms in total. The van der Waals surface area contributed by atoms with Crippen LogP contribution in [0.4, 0.5) is 0 Å². The number of ether oxygens (including phenoxy) is 3. The first kappa shape index (κ1) is 24.4. The lowest BCUT2D eigenvalue weighted by Crippen LogP contribution is -2.37. The van der Waals surface area contributed by atoms with Crippen molar-refractivity contribution < 1.29 is 23.8 Å².